The van der Waals surface area contributed by atoms with Crippen molar-refractivity contribution in [2.24, 2.45) is 0 Å². The normalized spacial score (nSPS) is 12.5. The molecule has 0 aromatic carbocycles. The third kappa shape index (κ3) is 3.81. The predicted octanol–water partition coefficient (Wildman–Crippen LogP) is 2.76. The highest BCUT2D eigenvalue weighted by atomic mass is 16.3. The van der Waals surface area contributed by atoms with Gasteiger partial charge in [0.25, 0.3) is 0 Å². The number of rotatable bonds is 6. The average molecular weight is 222 g/mol. The zero-order valence-corrected chi connectivity index (χ0v) is 10.5. The number of hydrogen-bond acceptors (Lipinski definition) is 3. The molecule has 90 valence electrons. The summed E-state index contributed by atoms with van der Waals surface area (Å²) >= 11 is 0. The Balaban J connectivity index is 2.60. The van der Waals surface area contributed by atoms with Gasteiger partial charge in [0, 0.05) is 19.8 Å². The van der Waals surface area contributed by atoms with Crippen LogP contribution in [-0.4, -0.2) is 23.7 Å². The number of aliphatic hydroxyl groups excluding tert-OH is 1. The second kappa shape index (κ2) is 6.48. The number of anilines is 1. The molecule has 1 heterocycles. The van der Waals surface area contributed by atoms with Crippen molar-refractivity contribution in [3.63, 3.8) is 0 Å². The second-order valence-electron chi connectivity index (χ2n) is 4.25. The van der Waals surface area contributed by atoms with Crippen LogP contribution in [0.15, 0.2) is 18.3 Å². The molecule has 0 aliphatic rings. The van der Waals surface area contributed by atoms with Gasteiger partial charge in [-0.05, 0) is 31.0 Å². The van der Waals surface area contributed by atoms with Crippen molar-refractivity contribution in [1.82, 2.24) is 4.98 Å². The van der Waals surface area contributed by atoms with Gasteiger partial charge in [0.2, 0.25) is 0 Å². The number of nitrogens with zero attached hydrogens (tertiary/aromatic N) is 2. The lowest BCUT2D eigenvalue weighted by Gasteiger charge is -2.19. The Bertz CT molecular complexity index is 313. The van der Waals surface area contributed by atoms with Gasteiger partial charge in [-0.15, -0.1) is 0 Å². The first kappa shape index (κ1) is 13.0. The molecule has 0 saturated heterocycles. The molecular formula is C13H22N2O. The minimum Gasteiger partial charge on any atom is -0.389 e. The summed E-state index contributed by atoms with van der Waals surface area (Å²) in [5.74, 6) is 0.939. The molecule has 16 heavy (non-hydrogen) atoms. The number of pyridine rings is 1. The standard InChI is InChI=1S/C13H22N2O/c1-4-5-6-9-15(3)13-10-12(11(2)16)7-8-14-13/h7-8,10-11,16H,4-6,9H2,1-3H3. The van der Waals surface area contributed by atoms with Gasteiger partial charge in [-0.1, -0.05) is 19.8 Å². The molecule has 0 saturated carbocycles. The molecule has 3 heteroatoms. The highest BCUT2D eigenvalue weighted by Crippen LogP contribution is 2.17. The molecule has 0 aliphatic heterocycles. The van der Waals surface area contributed by atoms with E-state index in [2.05, 4.69) is 16.8 Å². The van der Waals surface area contributed by atoms with Crippen molar-refractivity contribution >= 4 is 5.82 Å². The molecular weight excluding hydrogens is 200 g/mol. The molecule has 0 radical (unpaired) electrons. The van der Waals surface area contributed by atoms with Gasteiger partial charge in [0.15, 0.2) is 0 Å². The molecule has 1 N–H and O–H groups in total. The average Bonchev–Trinajstić information content (AvgIpc) is 2.29. The van der Waals surface area contributed by atoms with E-state index in [1.165, 1.54) is 19.3 Å². The van der Waals surface area contributed by atoms with Crippen LogP contribution in [0.5, 0.6) is 0 Å². The Morgan fingerprint density at radius 2 is 2.19 bits per heavy atom. The van der Waals surface area contributed by atoms with E-state index in [-0.39, 0.29) is 0 Å². The Labute approximate surface area is 98.1 Å². The summed E-state index contributed by atoms with van der Waals surface area (Å²) in [6.45, 7) is 4.99. The predicted molar refractivity (Wildman–Crippen MR) is 67.7 cm³/mol. The van der Waals surface area contributed by atoms with Crippen molar-refractivity contribution < 1.29 is 5.11 Å². The fourth-order valence-electron chi connectivity index (χ4n) is 1.62. The van der Waals surface area contributed by atoms with Crippen LogP contribution < -0.4 is 4.90 Å². The third-order valence-electron chi connectivity index (χ3n) is 2.74. The van der Waals surface area contributed by atoms with Crippen LogP contribution in [0.4, 0.5) is 5.82 Å². The van der Waals surface area contributed by atoms with E-state index >= 15 is 0 Å². The van der Waals surface area contributed by atoms with Crippen LogP contribution in [0.3, 0.4) is 0 Å². The molecule has 0 bridgehead atoms. The van der Waals surface area contributed by atoms with Crippen LogP contribution >= 0.6 is 0 Å². The summed E-state index contributed by atoms with van der Waals surface area (Å²) in [7, 11) is 2.05. The summed E-state index contributed by atoms with van der Waals surface area (Å²) < 4.78 is 0. The van der Waals surface area contributed by atoms with Gasteiger partial charge >= 0.3 is 0 Å². The summed E-state index contributed by atoms with van der Waals surface area (Å²) in [6, 6.07) is 3.81. The Kier molecular flexibility index (Phi) is 5.26. The van der Waals surface area contributed by atoms with Crippen molar-refractivity contribution in [3.8, 4) is 0 Å². The van der Waals surface area contributed by atoms with Gasteiger partial charge in [-0.2, -0.15) is 0 Å². The molecule has 1 atom stereocenters. The highest BCUT2D eigenvalue weighted by molar-refractivity contribution is 5.40. The topological polar surface area (TPSA) is 36.4 Å². The summed E-state index contributed by atoms with van der Waals surface area (Å²) in [5, 5.41) is 9.50. The maximum atomic E-state index is 9.50. The molecule has 0 fully saturated rings. The number of aliphatic hydroxyl groups is 1. The molecule has 0 amide bonds. The molecule has 1 aromatic heterocycles. The highest BCUT2D eigenvalue weighted by Gasteiger charge is 2.05. The van der Waals surface area contributed by atoms with Gasteiger partial charge in [-0.3, -0.25) is 0 Å². The zero-order valence-electron chi connectivity index (χ0n) is 10.5. The molecule has 0 aliphatic carbocycles. The lowest BCUT2D eigenvalue weighted by molar-refractivity contribution is 0.199. The van der Waals surface area contributed by atoms with Crippen molar-refractivity contribution in [1.29, 1.82) is 0 Å². The van der Waals surface area contributed by atoms with E-state index in [0.29, 0.717) is 0 Å². The lowest BCUT2D eigenvalue weighted by Crippen LogP contribution is -2.19. The fraction of sp³-hybridized carbons (Fsp3) is 0.615. The van der Waals surface area contributed by atoms with Crippen molar-refractivity contribution in [2.45, 2.75) is 39.2 Å². The van der Waals surface area contributed by atoms with Crippen molar-refractivity contribution in [2.75, 3.05) is 18.5 Å². The monoisotopic (exact) mass is 222 g/mol. The molecule has 1 aromatic rings. The second-order valence-corrected chi connectivity index (χ2v) is 4.25. The van der Waals surface area contributed by atoms with E-state index in [1.54, 1.807) is 13.1 Å². The quantitative estimate of drug-likeness (QED) is 0.752. The first-order chi connectivity index (χ1) is 7.65. The maximum absolute atomic E-state index is 9.50. The number of hydrogen-bond donors (Lipinski definition) is 1. The van der Waals surface area contributed by atoms with E-state index in [0.717, 1.165) is 17.9 Å². The van der Waals surface area contributed by atoms with Gasteiger partial charge in [-0.25, -0.2) is 4.98 Å². The molecule has 1 unspecified atom stereocenters. The SMILES string of the molecule is CCCCCN(C)c1cc(C(C)O)ccn1. The van der Waals surface area contributed by atoms with Crippen LogP contribution in [0, 0.1) is 0 Å². The van der Waals surface area contributed by atoms with E-state index in [9.17, 15) is 5.11 Å². The van der Waals surface area contributed by atoms with Gasteiger partial charge in [0.05, 0.1) is 6.10 Å². The zero-order chi connectivity index (χ0) is 12.0. The molecule has 1 rings (SSSR count). The lowest BCUT2D eigenvalue weighted by atomic mass is 10.1. The summed E-state index contributed by atoms with van der Waals surface area (Å²) in [5.41, 5.74) is 0.923. The molecule has 3 nitrogen and oxygen atoms in total. The number of aromatic nitrogens is 1. The van der Waals surface area contributed by atoms with E-state index in [1.807, 2.05) is 19.2 Å². The minimum atomic E-state index is -0.425. The Hall–Kier alpha value is -1.09. The van der Waals surface area contributed by atoms with Crippen LogP contribution in [0.25, 0.3) is 0 Å². The van der Waals surface area contributed by atoms with E-state index < -0.39 is 6.10 Å². The van der Waals surface area contributed by atoms with Gasteiger partial charge in [0.1, 0.15) is 5.82 Å². The smallest absolute Gasteiger partial charge is 0.128 e. The maximum Gasteiger partial charge on any atom is 0.128 e. The fourth-order valence-corrected chi connectivity index (χ4v) is 1.62. The summed E-state index contributed by atoms with van der Waals surface area (Å²) in [6.07, 6.45) is 5.00. The minimum absolute atomic E-state index is 0.425. The number of unbranched alkanes of at least 4 members (excludes halogenated alkanes) is 2. The van der Waals surface area contributed by atoms with Crippen LogP contribution in [-0.2, 0) is 0 Å². The van der Waals surface area contributed by atoms with Gasteiger partial charge < -0.3 is 10.0 Å². The van der Waals surface area contributed by atoms with E-state index in [4.69, 9.17) is 0 Å². The Morgan fingerprint density at radius 3 is 2.81 bits per heavy atom. The van der Waals surface area contributed by atoms with Crippen LogP contribution in [0.2, 0.25) is 0 Å². The first-order valence-electron chi connectivity index (χ1n) is 6.00. The molecule has 0 spiro atoms. The van der Waals surface area contributed by atoms with Crippen LogP contribution in [0.1, 0.15) is 44.8 Å². The summed E-state index contributed by atoms with van der Waals surface area (Å²) in [4.78, 5) is 6.46. The third-order valence-corrected chi connectivity index (χ3v) is 2.74. The first-order valence-corrected chi connectivity index (χ1v) is 6.00. The largest absolute Gasteiger partial charge is 0.389 e. The van der Waals surface area contributed by atoms with Crippen molar-refractivity contribution in [3.05, 3.63) is 23.9 Å². The Morgan fingerprint density at radius 1 is 1.44 bits per heavy atom.